The maximum atomic E-state index is 12.0. The fourth-order valence-corrected chi connectivity index (χ4v) is 3.76. The minimum atomic E-state index is 0.0324. The predicted octanol–water partition coefficient (Wildman–Crippen LogP) is 1.12. The Morgan fingerprint density at radius 1 is 1.22 bits per heavy atom. The largest absolute Gasteiger partial charge is 0.355 e. The fourth-order valence-electron chi connectivity index (χ4n) is 3.76. The van der Waals surface area contributed by atoms with Gasteiger partial charge in [-0.2, -0.15) is 0 Å². The van der Waals surface area contributed by atoms with Crippen molar-refractivity contribution >= 4 is 5.91 Å². The van der Waals surface area contributed by atoms with Gasteiger partial charge in [-0.05, 0) is 46.1 Å². The van der Waals surface area contributed by atoms with Crippen LogP contribution in [0.15, 0.2) is 0 Å². The Morgan fingerprint density at radius 2 is 1.83 bits per heavy atom. The first-order chi connectivity index (χ1) is 8.67. The third kappa shape index (κ3) is 2.69. The Bertz CT molecular complexity index is 281. The van der Waals surface area contributed by atoms with E-state index in [0.29, 0.717) is 18.1 Å². The van der Waals surface area contributed by atoms with Crippen LogP contribution in [-0.4, -0.2) is 48.1 Å². The first-order valence-corrected chi connectivity index (χ1v) is 7.45. The minimum Gasteiger partial charge on any atom is -0.355 e. The molecule has 2 heterocycles. The van der Waals surface area contributed by atoms with Gasteiger partial charge in [0.05, 0.1) is 6.04 Å². The monoisotopic (exact) mass is 253 g/mol. The molecule has 104 valence electrons. The highest BCUT2D eigenvalue weighted by Gasteiger charge is 2.43. The van der Waals surface area contributed by atoms with Crippen LogP contribution in [0.3, 0.4) is 0 Å². The van der Waals surface area contributed by atoms with E-state index in [9.17, 15) is 4.79 Å². The molecular weight excluding hydrogens is 226 g/mol. The molecule has 2 saturated heterocycles. The Labute approximate surface area is 110 Å². The summed E-state index contributed by atoms with van der Waals surface area (Å²) in [7, 11) is 0. The molecule has 2 aliphatic heterocycles. The zero-order valence-electron chi connectivity index (χ0n) is 11.9. The number of nitrogens with one attached hydrogen (secondary N) is 2. The molecule has 0 spiro atoms. The van der Waals surface area contributed by atoms with Crippen LogP contribution in [0.25, 0.3) is 0 Å². The molecular formula is C14H27N3O. The molecule has 0 saturated carbocycles. The summed E-state index contributed by atoms with van der Waals surface area (Å²) in [5, 5.41) is 6.52. The molecule has 2 fully saturated rings. The number of amides is 1. The third-order valence-corrected chi connectivity index (χ3v) is 4.46. The molecule has 0 aromatic rings. The highest BCUT2D eigenvalue weighted by Crippen LogP contribution is 2.37. The minimum absolute atomic E-state index is 0.0324. The average Bonchev–Trinajstić information content (AvgIpc) is 2.61. The molecule has 4 nitrogen and oxygen atoms in total. The molecule has 2 N–H and O–H groups in total. The van der Waals surface area contributed by atoms with Crippen molar-refractivity contribution in [2.24, 2.45) is 0 Å². The number of fused-ring (bicyclic) bond motifs is 2. The van der Waals surface area contributed by atoms with Crippen LogP contribution >= 0.6 is 0 Å². The average molecular weight is 253 g/mol. The van der Waals surface area contributed by atoms with Gasteiger partial charge in [0, 0.05) is 24.7 Å². The molecule has 2 aliphatic rings. The molecule has 1 amide bonds. The van der Waals surface area contributed by atoms with Crippen LogP contribution < -0.4 is 10.6 Å². The van der Waals surface area contributed by atoms with Gasteiger partial charge in [0.25, 0.3) is 0 Å². The summed E-state index contributed by atoms with van der Waals surface area (Å²) >= 11 is 0. The van der Waals surface area contributed by atoms with Crippen molar-refractivity contribution in [3.05, 3.63) is 0 Å². The lowest BCUT2D eigenvalue weighted by molar-refractivity contribution is -0.127. The Hall–Kier alpha value is -0.610. The second kappa shape index (κ2) is 6.02. The summed E-state index contributed by atoms with van der Waals surface area (Å²) in [5.74, 6) is 0.191. The number of carbonyl (C=O) groups excluding carboxylic acids is 1. The highest BCUT2D eigenvalue weighted by atomic mass is 16.2. The van der Waals surface area contributed by atoms with E-state index in [1.165, 1.54) is 25.7 Å². The Morgan fingerprint density at radius 3 is 2.33 bits per heavy atom. The van der Waals surface area contributed by atoms with E-state index in [0.717, 1.165) is 13.1 Å². The van der Waals surface area contributed by atoms with Crippen molar-refractivity contribution in [1.29, 1.82) is 0 Å². The van der Waals surface area contributed by atoms with Gasteiger partial charge in [-0.25, -0.2) is 0 Å². The van der Waals surface area contributed by atoms with Gasteiger partial charge in [0.15, 0.2) is 0 Å². The number of piperidine rings is 1. The van der Waals surface area contributed by atoms with Gasteiger partial charge in [-0.3, -0.25) is 9.69 Å². The van der Waals surface area contributed by atoms with Crippen LogP contribution in [0, 0.1) is 0 Å². The summed E-state index contributed by atoms with van der Waals surface area (Å²) in [5.41, 5.74) is 0. The summed E-state index contributed by atoms with van der Waals surface area (Å²) in [4.78, 5) is 14.5. The van der Waals surface area contributed by atoms with Gasteiger partial charge in [0.1, 0.15) is 0 Å². The van der Waals surface area contributed by atoms with Gasteiger partial charge < -0.3 is 10.6 Å². The smallest absolute Gasteiger partial charge is 0.237 e. The van der Waals surface area contributed by atoms with Gasteiger partial charge >= 0.3 is 0 Å². The summed E-state index contributed by atoms with van der Waals surface area (Å²) < 4.78 is 0. The zero-order chi connectivity index (χ0) is 13.1. The van der Waals surface area contributed by atoms with Crippen LogP contribution in [0.1, 0.15) is 46.5 Å². The number of hydrogen-bond donors (Lipinski definition) is 2. The molecule has 0 aromatic carbocycles. The van der Waals surface area contributed by atoms with Crippen molar-refractivity contribution in [2.45, 2.75) is 70.6 Å². The lowest BCUT2D eigenvalue weighted by Gasteiger charge is -2.42. The third-order valence-electron chi connectivity index (χ3n) is 4.46. The molecule has 0 radical (unpaired) electrons. The summed E-state index contributed by atoms with van der Waals surface area (Å²) in [6, 6.07) is 1.89. The second-order valence-electron chi connectivity index (χ2n) is 5.63. The number of likely N-dealkylation sites (N-methyl/N-ethyl adjacent to an activating group) is 1. The lowest BCUT2D eigenvalue weighted by Crippen LogP contribution is -2.56. The van der Waals surface area contributed by atoms with Crippen LogP contribution in [0.4, 0.5) is 0 Å². The Balaban J connectivity index is 1.97. The molecule has 0 aromatic heterocycles. The summed E-state index contributed by atoms with van der Waals surface area (Å²) in [6.45, 7) is 7.99. The molecule has 3 unspecified atom stereocenters. The van der Waals surface area contributed by atoms with Crippen LogP contribution in [-0.2, 0) is 4.79 Å². The predicted molar refractivity (Wildman–Crippen MR) is 73.5 cm³/mol. The van der Waals surface area contributed by atoms with Crippen molar-refractivity contribution in [3.63, 3.8) is 0 Å². The number of nitrogens with zero attached hydrogens (tertiary/aromatic N) is 1. The van der Waals surface area contributed by atoms with Gasteiger partial charge in [-0.15, -0.1) is 0 Å². The second-order valence-corrected chi connectivity index (χ2v) is 5.63. The van der Waals surface area contributed by atoms with Crippen molar-refractivity contribution in [1.82, 2.24) is 15.5 Å². The van der Waals surface area contributed by atoms with Crippen molar-refractivity contribution in [3.8, 4) is 0 Å². The molecule has 3 atom stereocenters. The van der Waals surface area contributed by atoms with Crippen molar-refractivity contribution in [2.75, 3.05) is 13.1 Å². The van der Waals surface area contributed by atoms with E-state index >= 15 is 0 Å². The van der Waals surface area contributed by atoms with E-state index < -0.39 is 0 Å². The molecule has 0 aliphatic carbocycles. The van der Waals surface area contributed by atoms with E-state index in [1.54, 1.807) is 0 Å². The van der Waals surface area contributed by atoms with Crippen molar-refractivity contribution < 1.29 is 4.79 Å². The van der Waals surface area contributed by atoms with E-state index in [1.807, 2.05) is 6.92 Å². The highest BCUT2D eigenvalue weighted by molar-refractivity contribution is 5.81. The van der Waals surface area contributed by atoms with Crippen LogP contribution in [0.5, 0.6) is 0 Å². The van der Waals surface area contributed by atoms with Gasteiger partial charge in [-0.1, -0.05) is 6.92 Å². The number of carbonyl (C=O) groups is 1. The molecule has 18 heavy (non-hydrogen) atoms. The summed E-state index contributed by atoms with van der Waals surface area (Å²) in [6.07, 6.45) is 4.93. The maximum Gasteiger partial charge on any atom is 0.237 e. The quantitative estimate of drug-likeness (QED) is 0.771. The van der Waals surface area contributed by atoms with E-state index in [-0.39, 0.29) is 11.9 Å². The van der Waals surface area contributed by atoms with E-state index in [2.05, 4.69) is 29.4 Å². The van der Waals surface area contributed by atoms with Crippen LogP contribution in [0.2, 0.25) is 0 Å². The topological polar surface area (TPSA) is 44.4 Å². The number of rotatable bonds is 5. The molecule has 2 bridgehead atoms. The molecule has 4 heteroatoms. The normalized spacial score (nSPS) is 33.4. The lowest BCUT2D eigenvalue weighted by atomic mass is 9.95. The first-order valence-electron chi connectivity index (χ1n) is 7.45. The first kappa shape index (κ1) is 13.8. The fraction of sp³-hybridized carbons (Fsp3) is 0.929. The standard InChI is InChI=1S/C14H27N3O/c1-4-15-11-8-12-6-7-13(9-11)17(12)10(3)14(18)16-5-2/h10-13,15H,4-9H2,1-3H3,(H,16,18). The SMILES string of the molecule is CCNC(=O)C(C)N1C2CCC1CC(NCC)C2. The zero-order valence-corrected chi connectivity index (χ0v) is 11.9. The Kier molecular flexibility index (Phi) is 4.62. The maximum absolute atomic E-state index is 12.0. The van der Waals surface area contributed by atoms with Gasteiger partial charge in [0.2, 0.25) is 5.91 Å². The molecule has 2 rings (SSSR count). The number of hydrogen-bond acceptors (Lipinski definition) is 3. The van der Waals surface area contributed by atoms with E-state index in [4.69, 9.17) is 0 Å².